The van der Waals surface area contributed by atoms with Gasteiger partial charge < -0.3 is 4.74 Å². The Morgan fingerprint density at radius 1 is 1.47 bits per heavy atom. The number of aromatic nitrogens is 2. The molecule has 2 amide bonds. The molecular weight excluding hydrogens is 220 g/mol. The van der Waals surface area contributed by atoms with Crippen LogP contribution in [0, 0.1) is 0 Å². The Labute approximate surface area is 90.0 Å². The van der Waals surface area contributed by atoms with Crippen molar-refractivity contribution in [3.05, 3.63) is 0 Å². The first-order valence-electron chi connectivity index (χ1n) is 4.17. The van der Waals surface area contributed by atoms with Gasteiger partial charge in [0.15, 0.2) is 0 Å². The van der Waals surface area contributed by atoms with Crippen molar-refractivity contribution < 1.29 is 14.3 Å². The highest BCUT2D eigenvalue weighted by molar-refractivity contribution is 7.10. The first-order valence-corrected chi connectivity index (χ1v) is 4.94. The highest BCUT2D eigenvalue weighted by Gasteiger charge is 2.08. The minimum Gasteiger partial charge on any atom is -0.450 e. The standard InChI is InChI=1S/C7H10N4O3S/c1-3-14-7(13)10-6-9-5(11-15-6)8-4(2)12/h3H2,1-2H3,(H2,8,9,10,11,12,13). The third kappa shape index (κ3) is 3.90. The Balaban J connectivity index is 2.52. The molecule has 0 aromatic carbocycles. The van der Waals surface area contributed by atoms with Crippen molar-refractivity contribution in [3.63, 3.8) is 0 Å². The first kappa shape index (κ1) is 11.4. The van der Waals surface area contributed by atoms with Gasteiger partial charge in [-0.15, -0.1) is 0 Å². The van der Waals surface area contributed by atoms with Crippen LogP contribution in [0.25, 0.3) is 0 Å². The third-order valence-electron chi connectivity index (χ3n) is 1.20. The number of nitrogens with one attached hydrogen (secondary N) is 2. The predicted molar refractivity (Wildman–Crippen MR) is 54.9 cm³/mol. The Morgan fingerprint density at radius 2 is 2.20 bits per heavy atom. The lowest BCUT2D eigenvalue weighted by atomic mass is 10.7. The van der Waals surface area contributed by atoms with Crippen LogP contribution in [0.2, 0.25) is 0 Å². The van der Waals surface area contributed by atoms with E-state index in [0.717, 1.165) is 11.5 Å². The van der Waals surface area contributed by atoms with Crippen molar-refractivity contribution in [2.75, 3.05) is 17.2 Å². The topological polar surface area (TPSA) is 93.2 Å². The zero-order valence-electron chi connectivity index (χ0n) is 8.23. The number of hydrogen-bond donors (Lipinski definition) is 2. The number of nitrogens with zero attached hydrogens (tertiary/aromatic N) is 2. The second-order valence-corrected chi connectivity index (χ2v) is 3.20. The van der Waals surface area contributed by atoms with Gasteiger partial charge in [-0.2, -0.15) is 9.36 Å². The van der Waals surface area contributed by atoms with Crippen molar-refractivity contribution in [1.29, 1.82) is 0 Å². The summed E-state index contributed by atoms with van der Waals surface area (Å²) in [5, 5.41) is 5.03. The van der Waals surface area contributed by atoms with Crippen LogP contribution in [-0.4, -0.2) is 28.0 Å². The fraction of sp³-hybridized carbons (Fsp3) is 0.429. The normalized spacial score (nSPS) is 9.47. The predicted octanol–water partition coefficient (Wildman–Crippen LogP) is 1.06. The second kappa shape index (κ2) is 5.25. The van der Waals surface area contributed by atoms with E-state index in [2.05, 4.69) is 24.7 Å². The van der Waals surface area contributed by atoms with Gasteiger partial charge in [-0.1, -0.05) is 0 Å². The summed E-state index contributed by atoms with van der Waals surface area (Å²) in [6.45, 7) is 3.32. The maximum atomic E-state index is 11.0. The third-order valence-corrected chi connectivity index (χ3v) is 1.83. The Hall–Kier alpha value is -1.70. The molecule has 0 spiro atoms. The van der Waals surface area contributed by atoms with Crippen LogP contribution in [0.5, 0.6) is 0 Å². The van der Waals surface area contributed by atoms with Crippen LogP contribution < -0.4 is 10.6 Å². The first-order chi connectivity index (χ1) is 7.11. The summed E-state index contributed by atoms with van der Waals surface area (Å²) in [6.07, 6.45) is -0.594. The fourth-order valence-corrected chi connectivity index (χ4v) is 1.25. The van der Waals surface area contributed by atoms with Gasteiger partial charge in [0.1, 0.15) is 0 Å². The molecule has 1 rings (SSSR count). The minimum absolute atomic E-state index is 0.166. The van der Waals surface area contributed by atoms with Crippen LogP contribution in [-0.2, 0) is 9.53 Å². The van der Waals surface area contributed by atoms with E-state index in [1.807, 2.05) is 0 Å². The second-order valence-electron chi connectivity index (χ2n) is 2.45. The summed E-state index contributed by atoms with van der Waals surface area (Å²) in [4.78, 5) is 25.4. The molecule has 1 heterocycles. The molecule has 0 bridgehead atoms. The minimum atomic E-state index is -0.594. The smallest absolute Gasteiger partial charge is 0.413 e. The van der Waals surface area contributed by atoms with Crippen molar-refractivity contribution >= 4 is 34.6 Å². The van der Waals surface area contributed by atoms with E-state index in [4.69, 9.17) is 0 Å². The van der Waals surface area contributed by atoms with E-state index < -0.39 is 6.09 Å². The van der Waals surface area contributed by atoms with Crippen LogP contribution in [0.3, 0.4) is 0 Å². The van der Waals surface area contributed by atoms with Gasteiger partial charge in [-0.05, 0) is 6.92 Å². The number of carbonyl (C=O) groups is 2. The maximum absolute atomic E-state index is 11.0. The zero-order chi connectivity index (χ0) is 11.3. The molecule has 1 aromatic heterocycles. The summed E-state index contributed by atoms with van der Waals surface area (Å²) in [5.74, 6) is -0.102. The molecule has 0 unspecified atom stereocenters. The van der Waals surface area contributed by atoms with Crippen LogP contribution in [0.4, 0.5) is 15.9 Å². The molecule has 0 fully saturated rings. The molecule has 7 nitrogen and oxygen atoms in total. The Kier molecular flexibility index (Phi) is 3.98. The number of anilines is 2. The summed E-state index contributed by atoms with van der Waals surface area (Å²) < 4.78 is 8.44. The molecule has 0 radical (unpaired) electrons. The van der Waals surface area contributed by atoms with Crippen molar-refractivity contribution in [2.45, 2.75) is 13.8 Å². The lowest BCUT2D eigenvalue weighted by molar-refractivity contribution is -0.114. The maximum Gasteiger partial charge on any atom is 0.413 e. The molecule has 0 saturated heterocycles. The van der Waals surface area contributed by atoms with E-state index in [9.17, 15) is 9.59 Å². The Morgan fingerprint density at radius 3 is 2.80 bits per heavy atom. The van der Waals surface area contributed by atoms with Crippen LogP contribution in [0.1, 0.15) is 13.8 Å². The van der Waals surface area contributed by atoms with Gasteiger partial charge in [0.2, 0.25) is 17.0 Å². The number of carbonyl (C=O) groups excluding carboxylic acids is 2. The van der Waals surface area contributed by atoms with Gasteiger partial charge >= 0.3 is 6.09 Å². The van der Waals surface area contributed by atoms with Gasteiger partial charge in [0, 0.05) is 18.5 Å². The van der Waals surface area contributed by atoms with Gasteiger partial charge in [0.05, 0.1) is 6.61 Å². The zero-order valence-corrected chi connectivity index (χ0v) is 9.05. The molecule has 15 heavy (non-hydrogen) atoms. The van der Waals surface area contributed by atoms with E-state index in [0.29, 0.717) is 0 Å². The van der Waals surface area contributed by atoms with Crippen LogP contribution in [0.15, 0.2) is 0 Å². The van der Waals surface area contributed by atoms with Crippen molar-refractivity contribution in [2.24, 2.45) is 0 Å². The lowest BCUT2D eigenvalue weighted by Gasteiger charge is -1.99. The van der Waals surface area contributed by atoms with E-state index >= 15 is 0 Å². The van der Waals surface area contributed by atoms with E-state index in [-0.39, 0.29) is 23.6 Å². The number of ether oxygens (including phenoxy) is 1. The SMILES string of the molecule is CCOC(=O)Nc1nc(NC(C)=O)ns1. The van der Waals surface area contributed by atoms with Gasteiger partial charge in [-0.25, -0.2) is 4.79 Å². The Bertz CT molecular complexity index is 365. The number of amides is 2. The largest absolute Gasteiger partial charge is 0.450 e. The molecule has 0 saturated carbocycles. The fourth-order valence-electron chi connectivity index (χ4n) is 0.737. The van der Waals surface area contributed by atoms with Crippen molar-refractivity contribution in [3.8, 4) is 0 Å². The highest BCUT2D eigenvalue weighted by atomic mass is 32.1. The molecule has 0 aliphatic carbocycles. The summed E-state index contributed by atoms with van der Waals surface area (Å²) in [6, 6.07) is 0. The van der Waals surface area contributed by atoms with Gasteiger partial charge in [0.25, 0.3) is 0 Å². The number of hydrogen-bond acceptors (Lipinski definition) is 6. The monoisotopic (exact) mass is 230 g/mol. The summed E-state index contributed by atoms with van der Waals surface area (Å²) in [7, 11) is 0. The molecule has 2 N–H and O–H groups in total. The quantitative estimate of drug-likeness (QED) is 0.810. The average Bonchev–Trinajstić information content (AvgIpc) is 2.51. The molecular formula is C7H10N4O3S. The molecule has 8 heteroatoms. The molecule has 0 atom stereocenters. The average molecular weight is 230 g/mol. The number of rotatable bonds is 3. The van der Waals surface area contributed by atoms with E-state index in [1.54, 1.807) is 6.92 Å². The van der Waals surface area contributed by atoms with Crippen LogP contribution >= 0.6 is 11.5 Å². The summed E-state index contributed by atoms with van der Waals surface area (Å²) in [5.41, 5.74) is 0. The summed E-state index contributed by atoms with van der Waals surface area (Å²) >= 11 is 0.958. The molecule has 1 aromatic rings. The molecule has 0 aliphatic heterocycles. The molecule has 0 aliphatic rings. The van der Waals surface area contributed by atoms with Gasteiger partial charge in [-0.3, -0.25) is 15.4 Å². The lowest BCUT2D eigenvalue weighted by Crippen LogP contribution is -2.13. The van der Waals surface area contributed by atoms with Crippen molar-refractivity contribution in [1.82, 2.24) is 9.36 Å². The highest BCUT2D eigenvalue weighted by Crippen LogP contribution is 2.14. The molecule has 82 valence electrons. The van der Waals surface area contributed by atoms with E-state index in [1.165, 1.54) is 6.92 Å².